The van der Waals surface area contributed by atoms with Crippen molar-refractivity contribution in [3.8, 4) is 39.2 Å². The Labute approximate surface area is 346 Å². The van der Waals surface area contributed by atoms with Crippen LogP contribution in [0, 0.1) is 0 Å². The Kier molecular flexibility index (Phi) is 9.59. The fourth-order valence-corrected chi connectivity index (χ4v) is 8.14. The lowest BCUT2D eigenvalue weighted by atomic mass is 9.94. The molecule has 0 atom stereocenters. The summed E-state index contributed by atoms with van der Waals surface area (Å²) in [5.41, 5.74) is 15.9. The first kappa shape index (κ1) is 35.5. The van der Waals surface area contributed by atoms with Gasteiger partial charge >= 0.3 is 0 Å². The molecule has 9 aromatic carbocycles. The van der Waals surface area contributed by atoms with Crippen LogP contribution in [-0.4, -0.2) is 4.57 Å². The molecule has 0 fully saturated rings. The van der Waals surface area contributed by atoms with E-state index in [2.05, 4.69) is 263 Å². The van der Waals surface area contributed by atoms with E-state index < -0.39 is 0 Å². The van der Waals surface area contributed by atoms with Crippen molar-refractivity contribution in [1.29, 1.82) is 0 Å². The average molecular weight is 756 g/mol. The predicted octanol–water partition coefficient (Wildman–Crippen LogP) is 15.6. The molecule has 0 amide bonds. The third-order valence-electron chi connectivity index (χ3n) is 10.9. The molecule has 0 aliphatic heterocycles. The lowest BCUT2D eigenvalue weighted by molar-refractivity contribution is 1.13. The van der Waals surface area contributed by atoms with Crippen molar-refractivity contribution in [2.45, 2.75) is 0 Å². The standard InChI is InChI=1S/C56H41N3/c1-6-19-48(20-7-1)57(49-21-8-2-9-22-49)53-34-30-42(31-35-53)45-38-46(40-47(39-45)56-41-44-18-16-17-29-55(44)59(56)52-27-14-5-15-28-52)43-32-36-54(37-33-43)58(50-23-10-3-11-24-50)51-25-12-4-13-26-51/h1-41H. The van der Waals surface area contributed by atoms with E-state index >= 15 is 0 Å². The van der Waals surface area contributed by atoms with Gasteiger partial charge in [-0.3, -0.25) is 0 Å². The van der Waals surface area contributed by atoms with Crippen molar-refractivity contribution in [2.24, 2.45) is 0 Å². The van der Waals surface area contributed by atoms with Gasteiger partial charge in [-0.05, 0) is 143 Å². The van der Waals surface area contributed by atoms with Crippen LogP contribution < -0.4 is 9.80 Å². The van der Waals surface area contributed by atoms with Crippen molar-refractivity contribution in [2.75, 3.05) is 9.80 Å². The second kappa shape index (κ2) is 15.9. The number of fused-ring (bicyclic) bond motifs is 1. The molecule has 1 aromatic heterocycles. The normalized spacial score (nSPS) is 11.1. The Balaban J connectivity index is 1.11. The van der Waals surface area contributed by atoms with Gasteiger partial charge in [-0.15, -0.1) is 0 Å². The maximum absolute atomic E-state index is 2.39. The summed E-state index contributed by atoms with van der Waals surface area (Å²) in [4.78, 5) is 4.61. The minimum atomic E-state index is 1.10. The molecule has 0 aliphatic rings. The number of hydrogen-bond acceptors (Lipinski definition) is 2. The quantitative estimate of drug-likeness (QED) is 0.138. The van der Waals surface area contributed by atoms with Crippen molar-refractivity contribution in [1.82, 2.24) is 4.57 Å². The number of benzene rings is 9. The molecule has 0 spiro atoms. The van der Waals surface area contributed by atoms with Crippen molar-refractivity contribution >= 4 is 45.0 Å². The van der Waals surface area contributed by atoms with Crippen LogP contribution in [-0.2, 0) is 0 Å². The Hall–Kier alpha value is -7.88. The van der Waals surface area contributed by atoms with Gasteiger partial charge in [0.25, 0.3) is 0 Å². The summed E-state index contributed by atoms with van der Waals surface area (Å²) >= 11 is 0. The van der Waals surface area contributed by atoms with Crippen LogP contribution in [0.3, 0.4) is 0 Å². The zero-order chi connectivity index (χ0) is 39.4. The molecule has 3 heteroatoms. The summed E-state index contributed by atoms with van der Waals surface area (Å²) in [5.74, 6) is 0. The number of nitrogens with zero attached hydrogens (tertiary/aromatic N) is 3. The zero-order valence-electron chi connectivity index (χ0n) is 32.5. The lowest BCUT2D eigenvalue weighted by Crippen LogP contribution is -2.09. The highest BCUT2D eigenvalue weighted by molar-refractivity contribution is 5.92. The predicted molar refractivity (Wildman–Crippen MR) is 249 cm³/mol. The van der Waals surface area contributed by atoms with Crippen molar-refractivity contribution in [3.63, 3.8) is 0 Å². The van der Waals surface area contributed by atoms with Gasteiger partial charge in [0.05, 0.1) is 11.2 Å². The molecule has 0 unspecified atom stereocenters. The molecule has 0 radical (unpaired) electrons. The Morgan fingerprint density at radius 1 is 0.254 bits per heavy atom. The molecule has 1 heterocycles. The van der Waals surface area contributed by atoms with Crippen LogP contribution in [0.2, 0.25) is 0 Å². The van der Waals surface area contributed by atoms with Crippen molar-refractivity contribution in [3.05, 3.63) is 249 Å². The molecule has 0 saturated heterocycles. The van der Waals surface area contributed by atoms with Gasteiger partial charge in [-0.1, -0.05) is 133 Å². The summed E-state index contributed by atoms with van der Waals surface area (Å²) in [6.07, 6.45) is 0. The molecule has 280 valence electrons. The van der Waals surface area contributed by atoms with Crippen molar-refractivity contribution < 1.29 is 0 Å². The highest BCUT2D eigenvalue weighted by atomic mass is 15.1. The molecule has 3 nitrogen and oxygen atoms in total. The van der Waals surface area contributed by atoms with E-state index in [1.807, 2.05) is 0 Å². The van der Waals surface area contributed by atoms with Gasteiger partial charge in [0.15, 0.2) is 0 Å². The van der Waals surface area contributed by atoms with Crippen LogP contribution in [0.1, 0.15) is 0 Å². The van der Waals surface area contributed by atoms with Crippen LogP contribution in [0.5, 0.6) is 0 Å². The Morgan fingerprint density at radius 2 is 0.593 bits per heavy atom. The summed E-state index contributed by atoms with van der Waals surface area (Å²) in [5, 5.41) is 1.20. The molecule has 0 bridgehead atoms. The average Bonchev–Trinajstić information content (AvgIpc) is 3.71. The molecule has 0 aliphatic carbocycles. The zero-order valence-corrected chi connectivity index (χ0v) is 32.5. The highest BCUT2D eigenvalue weighted by Gasteiger charge is 2.18. The molecular weight excluding hydrogens is 715 g/mol. The van der Waals surface area contributed by atoms with Gasteiger partial charge in [0.2, 0.25) is 0 Å². The second-order valence-electron chi connectivity index (χ2n) is 14.7. The lowest BCUT2D eigenvalue weighted by Gasteiger charge is -2.25. The molecular formula is C56H41N3. The largest absolute Gasteiger partial charge is 0.311 e. The fraction of sp³-hybridized carbons (Fsp3) is 0. The van der Waals surface area contributed by atoms with Gasteiger partial charge in [0.1, 0.15) is 0 Å². The maximum atomic E-state index is 2.39. The van der Waals surface area contributed by atoms with E-state index in [1.165, 1.54) is 10.9 Å². The third-order valence-corrected chi connectivity index (χ3v) is 10.9. The number of para-hydroxylation sites is 6. The summed E-state index contributed by atoms with van der Waals surface area (Å²) in [6, 6.07) is 88.9. The van der Waals surface area contributed by atoms with Gasteiger partial charge < -0.3 is 14.4 Å². The minimum Gasteiger partial charge on any atom is -0.311 e. The molecule has 0 N–H and O–H groups in total. The van der Waals surface area contributed by atoms with E-state index in [-0.39, 0.29) is 0 Å². The topological polar surface area (TPSA) is 11.4 Å². The van der Waals surface area contributed by atoms with Crippen LogP contribution in [0.25, 0.3) is 50.1 Å². The number of rotatable bonds is 10. The Bertz CT molecular complexity index is 2720. The number of anilines is 6. The summed E-state index contributed by atoms with van der Waals surface area (Å²) < 4.78 is 2.39. The SMILES string of the molecule is c1ccc(N(c2ccccc2)c2ccc(-c3cc(-c4ccc(N(c5ccccc5)c5ccccc5)cc4)cc(-c4cc5ccccc5n4-c4ccccc4)c3)cc2)cc1. The number of hydrogen-bond donors (Lipinski definition) is 0. The first-order chi connectivity index (χ1) is 29.3. The maximum Gasteiger partial charge on any atom is 0.0541 e. The summed E-state index contributed by atoms with van der Waals surface area (Å²) in [6.45, 7) is 0. The molecule has 10 aromatic rings. The molecule has 0 saturated carbocycles. The first-order valence-corrected chi connectivity index (χ1v) is 20.1. The van der Waals surface area contributed by atoms with Crippen LogP contribution >= 0.6 is 0 Å². The van der Waals surface area contributed by atoms with E-state index in [1.54, 1.807) is 0 Å². The van der Waals surface area contributed by atoms with Gasteiger partial charge in [-0.25, -0.2) is 0 Å². The number of aromatic nitrogens is 1. The van der Waals surface area contributed by atoms with Crippen LogP contribution in [0.4, 0.5) is 34.1 Å². The third kappa shape index (κ3) is 7.18. The summed E-state index contributed by atoms with van der Waals surface area (Å²) in [7, 11) is 0. The van der Waals surface area contributed by atoms with E-state index in [4.69, 9.17) is 0 Å². The monoisotopic (exact) mass is 755 g/mol. The highest BCUT2D eigenvalue weighted by Crippen LogP contribution is 2.41. The van der Waals surface area contributed by atoms with E-state index in [0.717, 1.165) is 73.3 Å². The second-order valence-corrected chi connectivity index (χ2v) is 14.7. The fourth-order valence-electron chi connectivity index (χ4n) is 8.14. The van der Waals surface area contributed by atoms with Gasteiger partial charge in [-0.2, -0.15) is 0 Å². The van der Waals surface area contributed by atoms with Crippen LogP contribution in [0.15, 0.2) is 249 Å². The Morgan fingerprint density at radius 3 is 1.02 bits per heavy atom. The smallest absolute Gasteiger partial charge is 0.0541 e. The molecule has 59 heavy (non-hydrogen) atoms. The first-order valence-electron chi connectivity index (χ1n) is 20.1. The molecule has 10 rings (SSSR count). The minimum absolute atomic E-state index is 1.10. The van der Waals surface area contributed by atoms with E-state index in [0.29, 0.717) is 0 Å². The van der Waals surface area contributed by atoms with Gasteiger partial charge in [0, 0.05) is 45.2 Å². The van der Waals surface area contributed by atoms with E-state index in [9.17, 15) is 0 Å².